The lowest BCUT2D eigenvalue weighted by Crippen LogP contribution is -2.36. The molecule has 0 unspecified atom stereocenters. The van der Waals surface area contributed by atoms with E-state index in [4.69, 9.17) is 0 Å². The largest absolute Gasteiger partial charge is 0.349 e. The van der Waals surface area contributed by atoms with E-state index in [0.717, 1.165) is 37.8 Å². The van der Waals surface area contributed by atoms with E-state index < -0.39 is 23.6 Å². The van der Waals surface area contributed by atoms with Gasteiger partial charge in [-0.25, -0.2) is 8.78 Å². The summed E-state index contributed by atoms with van der Waals surface area (Å²) in [6.07, 6.45) is 3.34. The minimum Gasteiger partial charge on any atom is -0.349 e. The van der Waals surface area contributed by atoms with E-state index in [-0.39, 0.29) is 42.2 Å². The van der Waals surface area contributed by atoms with Crippen LogP contribution in [0, 0.1) is 23.5 Å². The summed E-state index contributed by atoms with van der Waals surface area (Å²) in [7, 11) is 0. The van der Waals surface area contributed by atoms with Crippen LogP contribution >= 0.6 is 0 Å². The number of carbonyl (C=O) groups excluding carboxylic acids is 3. The third kappa shape index (κ3) is 3.61. The van der Waals surface area contributed by atoms with Crippen molar-refractivity contribution in [3.63, 3.8) is 0 Å². The number of hydrogen-bond donors (Lipinski definition) is 1. The van der Waals surface area contributed by atoms with Gasteiger partial charge in [0.05, 0.1) is 17.9 Å². The number of benzene rings is 1. The van der Waals surface area contributed by atoms with Crippen molar-refractivity contribution in [2.75, 3.05) is 6.54 Å². The molecule has 1 aromatic carbocycles. The summed E-state index contributed by atoms with van der Waals surface area (Å²) in [6, 6.07) is 2.54. The molecule has 3 atom stereocenters. The Kier molecular flexibility index (Phi) is 5.34. The molecule has 0 radical (unpaired) electrons. The molecule has 7 heteroatoms. The second-order valence-electron chi connectivity index (χ2n) is 7.03. The van der Waals surface area contributed by atoms with Crippen LogP contribution in [0.3, 0.4) is 0 Å². The lowest BCUT2D eigenvalue weighted by Gasteiger charge is -2.19. The number of carbonyl (C=O) groups is 3. The van der Waals surface area contributed by atoms with Gasteiger partial charge in [0.2, 0.25) is 17.7 Å². The fourth-order valence-corrected chi connectivity index (χ4v) is 3.91. The van der Waals surface area contributed by atoms with Gasteiger partial charge in [0, 0.05) is 24.6 Å². The predicted molar refractivity (Wildman–Crippen MR) is 89.7 cm³/mol. The number of likely N-dealkylation sites (tertiary alicyclic amines) is 1. The van der Waals surface area contributed by atoms with Gasteiger partial charge in [-0.1, -0.05) is 18.9 Å². The molecule has 140 valence electrons. The van der Waals surface area contributed by atoms with Crippen LogP contribution in [0.15, 0.2) is 18.2 Å². The molecular formula is C19H22F2N2O3. The first-order chi connectivity index (χ1) is 12.4. The van der Waals surface area contributed by atoms with Crippen molar-refractivity contribution >= 4 is 17.7 Å². The van der Waals surface area contributed by atoms with Gasteiger partial charge < -0.3 is 5.32 Å². The molecule has 1 aliphatic heterocycles. The van der Waals surface area contributed by atoms with Crippen LogP contribution in [0.25, 0.3) is 0 Å². The fourth-order valence-electron chi connectivity index (χ4n) is 3.91. The zero-order chi connectivity index (χ0) is 18.8. The molecule has 1 heterocycles. The molecule has 1 saturated heterocycles. The van der Waals surface area contributed by atoms with Gasteiger partial charge in [-0.3, -0.25) is 19.3 Å². The number of rotatable bonds is 5. The summed E-state index contributed by atoms with van der Waals surface area (Å²) in [6.45, 7) is 1.63. The molecule has 1 saturated carbocycles. The molecule has 0 bridgehead atoms. The molecule has 0 aromatic heterocycles. The van der Waals surface area contributed by atoms with Gasteiger partial charge in [0.25, 0.3) is 0 Å². The third-order valence-corrected chi connectivity index (χ3v) is 5.30. The summed E-state index contributed by atoms with van der Waals surface area (Å²) in [5, 5.41) is 2.62. The zero-order valence-corrected chi connectivity index (χ0v) is 14.6. The number of nitrogens with zero attached hydrogens (tertiary/aromatic N) is 1. The van der Waals surface area contributed by atoms with Gasteiger partial charge in [0.1, 0.15) is 11.6 Å². The molecular weight excluding hydrogens is 342 g/mol. The minimum atomic E-state index is -0.730. The highest BCUT2D eigenvalue weighted by atomic mass is 19.1. The maximum Gasteiger partial charge on any atom is 0.233 e. The highest BCUT2D eigenvalue weighted by Crippen LogP contribution is 2.37. The quantitative estimate of drug-likeness (QED) is 0.817. The number of imide groups is 1. The Hall–Kier alpha value is -2.31. The normalized spacial score (nSPS) is 23.7. The molecule has 2 aliphatic rings. The van der Waals surface area contributed by atoms with Crippen molar-refractivity contribution in [1.82, 2.24) is 10.2 Å². The minimum absolute atomic E-state index is 0.0368. The van der Waals surface area contributed by atoms with E-state index in [1.54, 1.807) is 6.92 Å². The summed E-state index contributed by atoms with van der Waals surface area (Å²) in [4.78, 5) is 38.1. The van der Waals surface area contributed by atoms with E-state index in [9.17, 15) is 23.2 Å². The van der Waals surface area contributed by atoms with E-state index in [0.29, 0.717) is 0 Å². The fraction of sp³-hybridized carbons (Fsp3) is 0.526. The van der Waals surface area contributed by atoms with Gasteiger partial charge in [-0.2, -0.15) is 0 Å². The lowest BCUT2D eigenvalue weighted by atomic mass is 9.81. The smallest absolute Gasteiger partial charge is 0.233 e. The maximum absolute atomic E-state index is 13.8. The number of hydrogen-bond acceptors (Lipinski definition) is 3. The van der Waals surface area contributed by atoms with Crippen LogP contribution in [0.4, 0.5) is 8.78 Å². The first kappa shape index (κ1) is 18.5. The van der Waals surface area contributed by atoms with Crippen LogP contribution in [0.2, 0.25) is 0 Å². The highest BCUT2D eigenvalue weighted by molar-refractivity contribution is 6.05. The molecule has 26 heavy (non-hydrogen) atoms. The Balaban J connectivity index is 1.55. The first-order valence-electron chi connectivity index (χ1n) is 8.98. The standard InChI is InChI=1S/C19H22F2N2O3/c1-11(13-7-6-12(20)10-16(13)21)22-17(24)8-9-23-18(25)14-4-2-3-5-15(14)19(23)26/h6-7,10-11,14-15H,2-5,8-9H2,1H3,(H,22,24)/t11-,14-,15-/m0/s1. The molecule has 3 rings (SSSR count). The summed E-state index contributed by atoms with van der Waals surface area (Å²) < 4.78 is 26.7. The predicted octanol–water partition coefficient (Wildman–Crippen LogP) is 2.71. The van der Waals surface area contributed by atoms with Crippen LogP contribution in [-0.2, 0) is 14.4 Å². The Morgan fingerprint density at radius 2 is 1.81 bits per heavy atom. The third-order valence-electron chi connectivity index (χ3n) is 5.30. The van der Waals surface area contributed by atoms with E-state index >= 15 is 0 Å². The summed E-state index contributed by atoms with van der Waals surface area (Å²) >= 11 is 0. The Morgan fingerprint density at radius 3 is 2.38 bits per heavy atom. The molecule has 5 nitrogen and oxygen atoms in total. The van der Waals surface area contributed by atoms with E-state index in [2.05, 4.69) is 5.32 Å². The second-order valence-corrected chi connectivity index (χ2v) is 7.03. The number of fused-ring (bicyclic) bond motifs is 1. The Labute approximate surface area is 150 Å². The molecule has 1 aromatic rings. The average Bonchev–Trinajstić information content (AvgIpc) is 2.84. The Bertz CT molecular complexity index is 713. The van der Waals surface area contributed by atoms with Crippen LogP contribution in [0.5, 0.6) is 0 Å². The van der Waals surface area contributed by atoms with Gasteiger partial charge in [-0.05, 0) is 25.8 Å². The van der Waals surface area contributed by atoms with E-state index in [1.807, 2.05) is 0 Å². The Morgan fingerprint density at radius 1 is 1.19 bits per heavy atom. The maximum atomic E-state index is 13.8. The van der Waals surface area contributed by atoms with Crippen molar-refractivity contribution in [3.8, 4) is 0 Å². The molecule has 1 N–H and O–H groups in total. The average molecular weight is 364 g/mol. The van der Waals surface area contributed by atoms with Crippen LogP contribution in [0.1, 0.15) is 50.6 Å². The van der Waals surface area contributed by atoms with Crippen molar-refractivity contribution in [2.24, 2.45) is 11.8 Å². The van der Waals surface area contributed by atoms with Crippen LogP contribution in [-0.4, -0.2) is 29.2 Å². The van der Waals surface area contributed by atoms with E-state index in [1.165, 1.54) is 11.0 Å². The second kappa shape index (κ2) is 7.51. The number of nitrogens with one attached hydrogen (secondary N) is 1. The van der Waals surface area contributed by atoms with Crippen molar-refractivity contribution in [1.29, 1.82) is 0 Å². The lowest BCUT2D eigenvalue weighted by molar-refractivity contribution is -0.140. The summed E-state index contributed by atoms with van der Waals surface area (Å²) in [5.41, 5.74) is 0.180. The van der Waals surface area contributed by atoms with Crippen LogP contribution < -0.4 is 5.32 Å². The summed E-state index contributed by atoms with van der Waals surface area (Å²) in [5.74, 6) is -2.62. The molecule has 2 fully saturated rings. The molecule has 1 aliphatic carbocycles. The molecule has 0 spiro atoms. The van der Waals surface area contributed by atoms with Crippen molar-refractivity contribution in [2.45, 2.75) is 45.1 Å². The van der Waals surface area contributed by atoms with Gasteiger partial charge >= 0.3 is 0 Å². The van der Waals surface area contributed by atoms with Gasteiger partial charge in [0.15, 0.2) is 0 Å². The van der Waals surface area contributed by atoms with Crippen molar-refractivity contribution in [3.05, 3.63) is 35.4 Å². The zero-order valence-electron chi connectivity index (χ0n) is 14.6. The first-order valence-corrected chi connectivity index (χ1v) is 8.98. The topological polar surface area (TPSA) is 66.5 Å². The van der Waals surface area contributed by atoms with Crippen molar-refractivity contribution < 1.29 is 23.2 Å². The number of amides is 3. The monoisotopic (exact) mass is 364 g/mol. The highest BCUT2D eigenvalue weighted by Gasteiger charge is 2.47. The SMILES string of the molecule is C[C@H](NC(=O)CCN1C(=O)[C@H]2CCCC[C@@H]2C1=O)c1ccc(F)cc1F. The van der Waals surface area contributed by atoms with Gasteiger partial charge in [-0.15, -0.1) is 0 Å². The molecule has 3 amide bonds. The number of halogens is 2.